The molecule has 2 rings (SSSR count). The number of benzene rings is 2. The van der Waals surface area contributed by atoms with Crippen molar-refractivity contribution >= 4 is 21.6 Å². The van der Waals surface area contributed by atoms with Gasteiger partial charge in [-0.05, 0) is 56.2 Å². The second kappa shape index (κ2) is 9.73. The molecule has 1 atom stereocenters. The third-order valence-electron chi connectivity index (χ3n) is 4.40. The summed E-state index contributed by atoms with van der Waals surface area (Å²) in [6, 6.07) is 9.89. The van der Waals surface area contributed by atoms with Crippen molar-refractivity contribution in [3.05, 3.63) is 59.4 Å². The molecule has 0 heterocycles. The van der Waals surface area contributed by atoms with Gasteiger partial charge in [0.1, 0.15) is 24.2 Å². The van der Waals surface area contributed by atoms with E-state index in [9.17, 15) is 17.6 Å². The lowest BCUT2D eigenvalue weighted by atomic mass is 10.1. The molecule has 0 unspecified atom stereocenters. The van der Waals surface area contributed by atoms with Crippen LogP contribution < -0.4 is 14.4 Å². The zero-order valence-electron chi connectivity index (χ0n) is 17.1. The van der Waals surface area contributed by atoms with Gasteiger partial charge in [-0.1, -0.05) is 24.6 Å². The van der Waals surface area contributed by atoms with Crippen molar-refractivity contribution in [3.8, 4) is 5.75 Å². The van der Waals surface area contributed by atoms with Crippen LogP contribution in [0.2, 0.25) is 0 Å². The van der Waals surface area contributed by atoms with Crippen molar-refractivity contribution in [3.63, 3.8) is 0 Å². The molecule has 2 aromatic carbocycles. The van der Waals surface area contributed by atoms with Crippen molar-refractivity contribution in [1.29, 1.82) is 0 Å². The summed E-state index contributed by atoms with van der Waals surface area (Å²) < 4.78 is 44.6. The molecule has 8 heteroatoms. The Bertz CT molecular complexity index is 946. The van der Waals surface area contributed by atoms with Crippen LogP contribution in [0.4, 0.5) is 10.1 Å². The van der Waals surface area contributed by atoms with Gasteiger partial charge in [-0.15, -0.1) is 0 Å². The summed E-state index contributed by atoms with van der Waals surface area (Å²) in [6.07, 6.45) is 1.28. The third-order valence-corrected chi connectivity index (χ3v) is 5.58. The highest BCUT2D eigenvalue weighted by Crippen LogP contribution is 2.23. The van der Waals surface area contributed by atoms with Gasteiger partial charge in [-0.2, -0.15) is 0 Å². The van der Waals surface area contributed by atoms with Gasteiger partial charge in [0.05, 0.1) is 18.5 Å². The van der Waals surface area contributed by atoms with Crippen molar-refractivity contribution in [1.82, 2.24) is 5.32 Å². The van der Waals surface area contributed by atoms with Gasteiger partial charge in [-0.3, -0.25) is 9.10 Å². The Morgan fingerprint density at radius 1 is 1.17 bits per heavy atom. The zero-order chi connectivity index (χ0) is 21.6. The van der Waals surface area contributed by atoms with E-state index in [1.807, 2.05) is 32.0 Å². The lowest BCUT2D eigenvalue weighted by Gasteiger charge is -2.30. The molecule has 0 aliphatic heterocycles. The Kier molecular flexibility index (Phi) is 7.61. The summed E-state index contributed by atoms with van der Waals surface area (Å²) in [5.41, 5.74) is 2.38. The second-order valence-corrected chi connectivity index (χ2v) is 8.73. The Morgan fingerprint density at radius 2 is 1.83 bits per heavy atom. The van der Waals surface area contributed by atoms with E-state index in [-0.39, 0.29) is 25.3 Å². The number of nitrogens with one attached hydrogen (secondary N) is 1. The molecular weight excluding hydrogens is 395 g/mol. The van der Waals surface area contributed by atoms with E-state index in [0.717, 1.165) is 39.6 Å². The fourth-order valence-corrected chi connectivity index (χ4v) is 4.27. The SMILES string of the molecule is CC[C@H](C(=O)NCCOc1ccc(C)cc1C)N(c1ccc(F)cc1)S(C)(=O)=O. The third kappa shape index (κ3) is 6.19. The average Bonchev–Trinajstić information content (AvgIpc) is 2.64. The average molecular weight is 423 g/mol. The van der Waals surface area contributed by atoms with E-state index in [4.69, 9.17) is 4.74 Å². The van der Waals surface area contributed by atoms with Crippen LogP contribution >= 0.6 is 0 Å². The lowest BCUT2D eigenvalue weighted by Crippen LogP contribution is -2.50. The number of carbonyl (C=O) groups is 1. The van der Waals surface area contributed by atoms with E-state index in [1.54, 1.807) is 6.92 Å². The fourth-order valence-electron chi connectivity index (χ4n) is 3.06. The number of halogens is 1. The van der Waals surface area contributed by atoms with Crippen molar-refractivity contribution in [2.45, 2.75) is 33.2 Å². The number of anilines is 1. The van der Waals surface area contributed by atoms with Crippen LogP contribution in [0.1, 0.15) is 24.5 Å². The number of rotatable bonds is 9. The standard InChI is InChI=1S/C21H27FN2O4S/c1-5-19(24(29(4,26)27)18-9-7-17(22)8-10-18)21(25)23-12-13-28-20-11-6-15(2)14-16(20)3/h6-11,14,19H,5,12-13H2,1-4H3,(H,23,25)/t19-/m1/s1. The number of hydrogen-bond donors (Lipinski definition) is 1. The molecule has 0 aliphatic rings. The Balaban J connectivity index is 2.04. The van der Waals surface area contributed by atoms with Crippen molar-refractivity contribution in [2.24, 2.45) is 0 Å². The number of sulfonamides is 1. The summed E-state index contributed by atoms with van der Waals surface area (Å²) >= 11 is 0. The highest BCUT2D eigenvalue weighted by Gasteiger charge is 2.31. The van der Waals surface area contributed by atoms with Gasteiger partial charge < -0.3 is 10.1 Å². The number of aryl methyl sites for hydroxylation is 2. The molecular formula is C21H27FN2O4S. The first-order chi connectivity index (χ1) is 13.6. The Morgan fingerprint density at radius 3 is 2.38 bits per heavy atom. The summed E-state index contributed by atoms with van der Waals surface area (Å²) in [5, 5.41) is 2.72. The number of ether oxygens (including phenoxy) is 1. The van der Waals surface area contributed by atoms with Gasteiger partial charge in [0.2, 0.25) is 15.9 Å². The number of nitrogens with zero attached hydrogens (tertiary/aromatic N) is 1. The lowest BCUT2D eigenvalue weighted by molar-refractivity contribution is -0.122. The van der Waals surface area contributed by atoms with Crippen LogP contribution in [0, 0.1) is 19.7 Å². The van der Waals surface area contributed by atoms with Gasteiger partial charge in [0.15, 0.2) is 0 Å². The molecule has 0 saturated carbocycles. The first-order valence-corrected chi connectivity index (χ1v) is 11.2. The predicted octanol–water partition coefficient (Wildman–Crippen LogP) is 3.18. The van der Waals surface area contributed by atoms with Crippen LogP contribution in [0.25, 0.3) is 0 Å². The van der Waals surface area contributed by atoms with E-state index in [1.165, 1.54) is 12.1 Å². The predicted molar refractivity (Wildman–Crippen MR) is 112 cm³/mol. The van der Waals surface area contributed by atoms with Crippen molar-refractivity contribution in [2.75, 3.05) is 23.7 Å². The summed E-state index contributed by atoms with van der Waals surface area (Å²) in [4.78, 5) is 12.7. The molecule has 1 N–H and O–H groups in total. The number of hydrogen-bond acceptors (Lipinski definition) is 4. The summed E-state index contributed by atoms with van der Waals surface area (Å²) in [7, 11) is -3.75. The van der Waals surface area contributed by atoms with E-state index < -0.39 is 27.8 Å². The largest absolute Gasteiger partial charge is 0.491 e. The molecule has 29 heavy (non-hydrogen) atoms. The first-order valence-electron chi connectivity index (χ1n) is 9.36. The molecule has 6 nitrogen and oxygen atoms in total. The highest BCUT2D eigenvalue weighted by atomic mass is 32.2. The van der Waals surface area contributed by atoms with E-state index in [0.29, 0.717) is 0 Å². The van der Waals surface area contributed by atoms with Crippen LogP contribution in [-0.2, 0) is 14.8 Å². The molecule has 0 radical (unpaired) electrons. The van der Waals surface area contributed by atoms with Crippen LogP contribution in [0.15, 0.2) is 42.5 Å². The molecule has 0 fully saturated rings. The molecule has 158 valence electrons. The molecule has 0 spiro atoms. The van der Waals surface area contributed by atoms with Crippen LogP contribution in [0.3, 0.4) is 0 Å². The second-order valence-electron chi connectivity index (χ2n) is 6.87. The fraction of sp³-hybridized carbons (Fsp3) is 0.381. The van der Waals surface area contributed by atoms with Gasteiger partial charge in [0.25, 0.3) is 0 Å². The summed E-state index contributed by atoms with van der Waals surface area (Å²) in [5.74, 6) is -0.185. The monoisotopic (exact) mass is 422 g/mol. The van der Waals surface area contributed by atoms with E-state index in [2.05, 4.69) is 5.32 Å². The Labute approximate surface area is 171 Å². The quantitative estimate of drug-likeness (QED) is 0.630. The Hall–Kier alpha value is -2.61. The number of amides is 1. The molecule has 2 aromatic rings. The normalized spacial score (nSPS) is 12.3. The minimum atomic E-state index is -3.75. The molecule has 0 bridgehead atoms. The van der Waals surface area contributed by atoms with Crippen molar-refractivity contribution < 1.29 is 22.3 Å². The van der Waals surface area contributed by atoms with Gasteiger partial charge in [0, 0.05) is 0 Å². The topological polar surface area (TPSA) is 75.7 Å². The first kappa shape index (κ1) is 22.7. The highest BCUT2D eigenvalue weighted by molar-refractivity contribution is 7.92. The number of carbonyl (C=O) groups excluding carboxylic acids is 1. The minimum absolute atomic E-state index is 0.226. The van der Waals surface area contributed by atoms with Gasteiger partial charge >= 0.3 is 0 Å². The van der Waals surface area contributed by atoms with E-state index >= 15 is 0 Å². The molecule has 0 aromatic heterocycles. The molecule has 0 aliphatic carbocycles. The zero-order valence-corrected chi connectivity index (χ0v) is 17.9. The van der Waals surface area contributed by atoms with Crippen LogP contribution in [0.5, 0.6) is 5.75 Å². The molecule has 1 amide bonds. The minimum Gasteiger partial charge on any atom is -0.491 e. The maximum atomic E-state index is 13.2. The maximum Gasteiger partial charge on any atom is 0.244 e. The smallest absolute Gasteiger partial charge is 0.244 e. The molecule has 0 saturated heterocycles. The summed E-state index contributed by atoms with van der Waals surface area (Å²) in [6.45, 7) is 6.14. The maximum absolute atomic E-state index is 13.2. The van der Waals surface area contributed by atoms with Crippen LogP contribution in [-0.4, -0.2) is 39.8 Å². The van der Waals surface area contributed by atoms with Gasteiger partial charge in [-0.25, -0.2) is 12.8 Å².